The van der Waals surface area contributed by atoms with Crippen molar-refractivity contribution in [2.45, 2.75) is 45.7 Å². The maximum absolute atomic E-state index is 9.93. The molecular weight excluding hydrogens is 290 g/mol. The van der Waals surface area contributed by atoms with Gasteiger partial charge in [0.15, 0.2) is 0 Å². The van der Waals surface area contributed by atoms with Gasteiger partial charge in [-0.05, 0) is 53.1 Å². The molecule has 1 aliphatic rings. The fourth-order valence-electron chi connectivity index (χ4n) is 2.69. The molecule has 0 aromatic heterocycles. The predicted octanol–water partition coefficient (Wildman–Crippen LogP) is 4.07. The average molecular weight is 312 g/mol. The zero-order valence-electron chi connectivity index (χ0n) is 11.1. The summed E-state index contributed by atoms with van der Waals surface area (Å²) in [5, 5.41) is 13.5. The summed E-state index contributed by atoms with van der Waals surface area (Å²) in [6.45, 7) is 5.44. The van der Waals surface area contributed by atoms with Gasteiger partial charge in [0.05, 0.1) is 4.47 Å². The molecule has 0 radical (unpaired) electrons. The molecule has 0 aliphatic heterocycles. The van der Waals surface area contributed by atoms with E-state index in [0.29, 0.717) is 11.8 Å². The van der Waals surface area contributed by atoms with Gasteiger partial charge in [-0.15, -0.1) is 0 Å². The Kier molecular flexibility index (Phi) is 4.68. The van der Waals surface area contributed by atoms with Crippen LogP contribution in [-0.2, 0) is 6.54 Å². The van der Waals surface area contributed by atoms with Gasteiger partial charge in [0, 0.05) is 18.2 Å². The topological polar surface area (TPSA) is 32.3 Å². The van der Waals surface area contributed by atoms with Crippen molar-refractivity contribution in [3.8, 4) is 5.75 Å². The van der Waals surface area contributed by atoms with Crippen LogP contribution in [0.4, 0.5) is 0 Å². The van der Waals surface area contributed by atoms with Crippen LogP contribution in [0.3, 0.4) is 0 Å². The first-order valence-electron chi connectivity index (χ1n) is 6.77. The fraction of sp³-hybridized carbons (Fsp3) is 0.600. The van der Waals surface area contributed by atoms with Gasteiger partial charge in [0.25, 0.3) is 0 Å². The largest absolute Gasteiger partial charge is 0.506 e. The lowest BCUT2D eigenvalue weighted by Gasteiger charge is -2.32. The van der Waals surface area contributed by atoms with Crippen molar-refractivity contribution >= 4 is 15.9 Å². The molecule has 1 fully saturated rings. The maximum atomic E-state index is 9.93. The van der Waals surface area contributed by atoms with Crippen molar-refractivity contribution in [1.29, 1.82) is 0 Å². The average Bonchev–Trinajstić information content (AvgIpc) is 2.35. The Morgan fingerprint density at radius 2 is 2.06 bits per heavy atom. The molecule has 100 valence electrons. The summed E-state index contributed by atoms with van der Waals surface area (Å²) in [6, 6.07) is 6.40. The molecule has 18 heavy (non-hydrogen) atoms. The molecule has 0 spiro atoms. The number of benzene rings is 1. The summed E-state index contributed by atoms with van der Waals surface area (Å²) in [5.41, 5.74) is 0.968. The molecule has 2 rings (SSSR count). The van der Waals surface area contributed by atoms with E-state index in [4.69, 9.17) is 0 Å². The first-order chi connectivity index (χ1) is 8.58. The van der Waals surface area contributed by atoms with E-state index >= 15 is 0 Å². The number of phenols is 1. The van der Waals surface area contributed by atoms with E-state index in [1.807, 2.05) is 18.2 Å². The van der Waals surface area contributed by atoms with Crippen molar-refractivity contribution in [2.24, 2.45) is 11.8 Å². The van der Waals surface area contributed by atoms with Gasteiger partial charge < -0.3 is 10.4 Å². The minimum Gasteiger partial charge on any atom is -0.506 e. The van der Waals surface area contributed by atoms with E-state index in [9.17, 15) is 5.11 Å². The lowest BCUT2D eigenvalue weighted by atomic mass is 9.79. The van der Waals surface area contributed by atoms with Crippen LogP contribution in [0.25, 0.3) is 0 Å². The molecule has 1 saturated carbocycles. The Balaban J connectivity index is 1.90. The summed E-state index contributed by atoms with van der Waals surface area (Å²) in [5.74, 6) is 2.01. The first-order valence-corrected chi connectivity index (χ1v) is 7.57. The second-order valence-corrected chi connectivity index (χ2v) is 6.45. The van der Waals surface area contributed by atoms with Gasteiger partial charge in [-0.1, -0.05) is 26.0 Å². The van der Waals surface area contributed by atoms with Crippen molar-refractivity contribution in [3.05, 3.63) is 28.2 Å². The molecule has 2 N–H and O–H groups in total. The summed E-state index contributed by atoms with van der Waals surface area (Å²) in [7, 11) is 0. The van der Waals surface area contributed by atoms with Crippen molar-refractivity contribution in [3.63, 3.8) is 0 Å². The molecule has 2 nitrogen and oxygen atoms in total. The Morgan fingerprint density at radius 3 is 2.78 bits per heavy atom. The fourth-order valence-corrected chi connectivity index (χ4v) is 3.10. The summed E-state index contributed by atoms with van der Waals surface area (Å²) in [6.07, 6.45) is 3.81. The number of phenolic OH excluding ortho intramolecular Hbond substituents is 1. The van der Waals surface area contributed by atoms with Crippen LogP contribution >= 0.6 is 15.9 Å². The summed E-state index contributed by atoms with van der Waals surface area (Å²) in [4.78, 5) is 0. The van der Waals surface area contributed by atoms with E-state index in [-0.39, 0.29) is 0 Å². The van der Waals surface area contributed by atoms with Crippen LogP contribution in [0.5, 0.6) is 5.75 Å². The van der Waals surface area contributed by atoms with Crippen molar-refractivity contribution in [1.82, 2.24) is 5.32 Å². The number of para-hydroxylation sites is 1. The number of hydrogen-bond acceptors (Lipinski definition) is 2. The van der Waals surface area contributed by atoms with E-state index in [2.05, 4.69) is 35.1 Å². The van der Waals surface area contributed by atoms with Crippen LogP contribution in [-0.4, -0.2) is 11.1 Å². The number of aromatic hydroxyl groups is 1. The lowest BCUT2D eigenvalue weighted by molar-refractivity contribution is 0.225. The summed E-state index contributed by atoms with van der Waals surface area (Å²) < 4.78 is 0.771. The lowest BCUT2D eigenvalue weighted by Crippen LogP contribution is -2.35. The zero-order valence-corrected chi connectivity index (χ0v) is 12.7. The zero-order chi connectivity index (χ0) is 13.1. The molecule has 1 aliphatic carbocycles. The van der Waals surface area contributed by atoms with Crippen LogP contribution in [0.2, 0.25) is 0 Å². The Morgan fingerprint density at radius 1 is 1.28 bits per heavy atom. The normalized spacial score (nSPS) is 28.3. The van der Waals surface area contributed by atoms with Gasteiger partial charge in [-0.3, -0.25) is 0 Å². The molecule has 0 heterocycles. The minimum atomic E-state index is 0.363. The van der Waals surface area contributed by atoms with Gasteiger partial charge in [-0.25, -0.2) is 0 Å². The van der Waals surface area contributed by atoms with E-state index < -0.39 is 0 Å². The Hall–Kier alpha value is -0.540. The predicted molar refractivity (Wildman–Crippen MR) is 78.6 cm³/mol. The minimum absolute atomic E-state index is 0.363. The highest BCUT2D eigenvalue weighted by Crippen LogP contribution is 2.31. The van der Waals surface area contributed by atoms with Crippen LogP contribution in [0, 0.1) is 11.8 Å². The number of rotatable bonds is 3. The highest BCUT2D eigenvalue weighted by atomic mass is 79.9. The monoisotopic (exact) mass is 311 g/mol. The smallest absolute Gasteiger partial charge is 0.134 e. The molecule has 1 aromatic rings. The number of hydrogen-bond donors (Lipinski definition) is 2. The molecule has 0 bridgehead atoms. The van der Waals surface area contributed by atoms with Crippen molar-refractivity contribution in [2.75, 3.05) is 0 Å². The van der Waals surface area contributed by atoms with Crippen LogP contribution < -0.4 is 5.32 Å². The highest BCUT2D eigenvalue weighted by molar-refractivity contribution is 9.10. The molecule has 1 aromatic carbocycles. The summed E-state index contributed by atoms with van der Waals surface area (Å²) >= 11 is 3.35. The van der Waals surface area contributed by atoms with E-state index in [1.165, 1.54) is 19.3 Å². The number of nitrogens with one attached hydrogen (secondary N) is 1. The molecular formula is C15H22BrNO. The Labute approximate surface area is 118 Å². The standard InChI is InChI=1S/C15H22BrNO/c1-10-6-7-13(8-11(10)2)17-9-12-4-3-5-14(16)15(12)18/h3-5,10-11,13,17-18H,6-9H2,1-2H3. The van der Waals surface area contributed by atoms with Gasteiger partial charge >= 0.3 is 0 Å². The molecule has 0 amide bonds. The Bertz CT molecular complexity index is 407. The second kappa shape index (κ2) is 6.07. The highest BCUT2D eigenvalue weighted by Gasteiger charge is 2.24. The molecule has 3 unspecified atom stereocenters. The van der Waals surface area contributed by atoms with Crippen molar-refractivity contribution < 1.29 is 5.11 Å². The molecule has 3 atom stereocenters. The second-order valence-electron chi connectivity index (χ2n) is 5.59. The van der Waals surface area contributed by atoms with Gasteiger partial charge in [0.2, 0.25) is 0 Å². The molecule has 0 saturated heterocycles. The van der Waals surface area contributed by atoms with Gasteiger partial charge in [0.1, 0.15) is 5.75 Å². The first kappa shape index (κ1) is 13.9. The number of halogens is 1. The van der Waals surface area contributed by atoms with Crippen LogP contribution in [0.15, 0.2) is 22.7 Å². The SMILES string of the molecule is CC1CCC(NCc2cccc(Br)c2O)CC1C. The molecule has 3 heteroatoms. The third-order valence-electron chi connectivity index (χ3n) is 4.25. The van der Waals surface area contributed by atoms with E-state index in [0.717, 1.165) is 28.4 Å². The third-order valence-corrected chi connectivity index (χ3v) is 4.89. The quantitative estimate of drug-likeness (QED) is 0.882. The van der Waals surface area contributed by atoms with Gasteiger partial charge in [-0.2, -0.15) is 0 Å². The van der Waals surface area contributed by atoms with Crippen LogP contribution in [0.1, 0.15) is 38.7 Å². The van der Waals surface area contributed by atoms with E-state index in [1.54, 1.807) is 0 Å². The third kappa shape index (κ3) is 3.27. The maximum Gasteiger partial charge on any atom is 0.134 e.